The molecule has 0 radical (unpaired) electrons. The lowest BCUT2D eigenvalue weighted by Gasteiger charge is -2.30. The van der Waals surface area contributed by atoms with Gasteiger partial charge >= 0.3 is 5.97 Å². The Balaban J connectivity index is 2.50. The summed E-state index contributed by atoms with van der Waals surface area (Å²) >= 11 is 0. The monoisotopic (exact) mass is 255 g/mol. The van der Waals surface area contributed by atoms with Gasteiger partial charge in [-0.15, -0.1) is 0 Å². The van der Waals surface area contributed by atoms with Crippen LogP contribution in [0.1, 0.15) is 22.3 Å². The molecule has 0 saturated carbocycles. The molecule has 1 heterocycles. The molecule has 6 heteroatoms. The number of benzene rings is 1. The number of carboxylic acid groups (broad SMARTS) is 1. The molecule has 1 aromatic rings. The molecule has 1 aromatic carbocycles. The van der Waals surface area contributed by atoms with Gasteiger partial charge in [-0.3, -0.25) is 0 Å². The van der Waals surface area contributed by atoms with Crippen molar-refractivity contribution < 1.29 is 18.3 Å². The van der Waals surface area contributed by atoms with Gasteiger partial charge in [-0.2, -0.15) is 4.31 Å². The van der Waals surface area contributed by atoms with Crippen LogP contribution in [0.3, 0.4) is 0 Å². The topological polar surface area (TPSA) is 74.7 Å². The van der Waals surface area contributed by atoms with Crippen molar-refractivity contribution in [3.8, 4) is 0 Å². The highest BCUT2D eigenvalue weighted by Gasteiger charge is 2.30. The number of rotatable bonds is 3. The van der Waals surface area contributed by atoms with Crippen molar-refractivity contribution in [3.63, 3.8) is 0 Å². The quantitative estimate of drug-likeness (QED) is 0.877. The van der Waals surface area contributed by atoms with Crippen LogP contribution in [0.15, 0.2) is 23.1 Å². The minimum Gasteiger partial charge on any atom is -0.478 e. The second kappa shape index (κ2) is 4.12. The van der Waals surface area contributed by atoms with E-state index in [4.69, 9.17) is 5.11 Å². The van der Waals surface area contributed by atoms with Crippen LogP contribution in [-0.2, 0) is 10.0 Å². The van der Waals surface area contributed by atoms with E-state index in [0.29, 0.717) is 18.7 Å². The maximum atomic E-state index is 12.1. The van der Waals surface area contributed by atoms with Crippen LogP contribution in [0.5, 0.6) is 0 Å². The van der Waals surface area contributed by atoms with E-state index in [1.165, 1.54) is 22.5 Å². The van der Waals surface area contributed by atoms with Crippen molar-refractivity contribution in [2.45, 2.75) is 18.2 Å². The summed E-state index contributed by atoms with van der Waals surface area (Å²) in [6.45, 7) is 2.69. The third-order valence-corrected chi connectivity index (χ3v) is 4.91. The molecule has 1 aliphatic heterocycles. The highest BCUT2D eigenvalue weighted by Crippen LogP contribution is 2.24. The summed E-state index contributed by atoms with van der Waals surface area (Å²) in [5.41, 5.74) is 0.566. The Bertz CT molecular complexity index is 561. The third-order valence-electron chi connectivity index (χ3n) is 2.87. The first-order chi connectivity index (χ1) is 7.93. The van der Waals surface area contributed by atoms with E-state index in [1.807, 2.05) is 0 Å². The van der Waals surface area contributed by atoms with Gasteiger partial charge in [0.1, 0.15) is 0 Å². The van der Waals surface area contributed by atoms with Crippen molar-refractivity contribution in [2.75, 3.05) is 13.1 Å². The van der Waals surface area contributed by atoms with Crippen molar-refractivity contribution >= 4 is 16.0 Å². The smallest absolute Gasteiger partial charge is 0.335 e. The predicted molar refractivity (Wildman–Crippen MR) is 61.5 cm³/mol. The molecule has 1 aliphatic rings. The van der Waals surface area contributed by atoms with Crippen molar-refractivity contribution in [3.05, 3.63) is 29.3 Å². The largest absolute Gasteiger partial charge is 0.478 e. The molecule has 92 valence electrons. The number of carbonyl (C=O) groups is 1. The van der Waals surface area contributed by atoms with Gasteiger partial charge < -0.3 is 5.11 Å². The molecule has 0 aromatic heterocycles. The molecular weight excluding hydrogens is 242 g/mol. The predicted octanol–water partition coefficient (Wildman–Crippen LogP) is 1.09. The van der Waals surface area contributed by atoms with Gasteiger partial charge in [-0.1, -0.05) is 6.07 Å². The SMILES string of the molecule is Cc1ccc(C(=O)O)cc1S(=O)(=O)N1CCC1. The van der Waals surface area contributed by atoms with Gasteiger partial charge in [0.25, 0.3) is 0 Å². The molecule has 1 saturated heterocycles. The summed E-state index contributed by atoms with van der Waals surface area (Å²) in [4.78, 5) is 10.9. The van der Waals surface area contributed by atoms with Gasteiger partial charge in [0.05, 0.1) is 10.5 Å². The lowest BCUT2D eigenvalue weighted by molar-refractivity contribution is 0.0696. The Morgan fingerprint density at radius 2 is 2.00 bits per heavy atom. The Hall–Kier alpha value is -1.40. The average Bonchev–Trinajstić information content (AvgIpc) is 2.13. The molecule has 17 heavy (non-hydrogen) atoms. The second-order valence-electron chi connectivity index (χ2n) is 4.04. The second-order valence-corrected chi connectivity index (χ2v) is 5.95. The van der Waals surface area contributed by atoms with Gasteiger partial charge in [0.15, 0.2) is 0 Å². The molecule has 0 atom stereocenters. The molecule has 1 fully saturated rings. The zero-order chi connectivity index (χ0) is 12.6. The fourth-order valence-electron chi connectivity index (χ4n) is 1.68. The number of hydrogen-bond donors (Lipinski definition) is 1. The van der Waals surface area contributed by atoms with E-state index in [0.717, 1.165) is 6.42 Å². The number of nitrogens with zero attached hydrogens (tertiary/aromatic N) is 1. The number of aromatic carboxylic acids is 1. The van der Waals surface area contributed by atoms with Crippen LogP contribution in [-0.4, -0.2) is 36.9 Å². The molecule has 5 nitrogen and oxygen atoms in total. The summed E-state index contributed by atoms with van der Waals surface area (Å²) in [6, 6.07) is 4.16. The van der Waals surface area contributed by atoms with Gasteiger partial charge in [-0.25, -0.2) is 13.2 Å². The van der Waals surface area contributed by atoms with E-state index < -0.39 is 16.0 Å². The average molecular weight is 255 g/mol. The Kier molecular flexibility index (Phi) is 2.92. The Morgan fingerprint density at radius 3 is 2.47 bits per heavy atom. The summed E-state index contributed by atoms with van der Waals surface area (Å²) in [5.74, 6) is -1.12. The first-order valence-corrected chi connectivity index (χ1v) is 6.71. The van der Waals surface area contributed by atoms with E-state index in [-0.39, 0.29) is 10.5 Å². The molecule has 0 amide bonds. The summed E-state index contributed by atoms with van der Waals surface area (Å²) < 4.78 is 25.6. The van der Waals surface area contributed by atoms with Crippen LogP contribution in [0.25, 0.3) is 0 Å². The van der Waals surface area contributed by atoms with Crippen molar-refractivity contribution in [1.29, 1.82) is 0 Å². The number of carboxylic acids is 1. The van der Waals surface area contributed by atoms with Gasteiger partial charge in [-0.05, 0) is 31.0 Å². The summed E-state index contributed by atoms with van der Waals surface area (Å²) in [7, 11) is -3.52. The Labute approximate surface area is 99.7 Å². The molecule has 0 bridgehead atoms. The zero-order valence-electron chi connectivity index (χ0n) is 9.38. The van der Waals surface area contributed by atoms with Crippen LogP contribution in [0.4, 0.5) is 0 Å². The van der Waals surface area contributed by atoms with E-state index in [9.17, 15) is 13.2 Å². The summed E-state index contributed by atoms with van der Waals surface area (Å²) in [5, 5.41) is 8.87. The Morgan fingerprint density at radius 1 is 1.35 bits per heavy atom. The van der Waals surface area contributed by atoms with E-state index in [2.05, 4.69) is 0 Å². The van der Waals surface area contributed by atoms with Gasteiger partial charge in [0.2, 0.25) is 10.0 Å². The highest BCUT2D eigenvalue weighted by molar-refractivity contribution is 7.89. The van der Waals surface area contributed by atoms with Crippen molar-refractivity contribution in [2.24, 2.45) is 0 Å². The molecule has 1 N–H and O–H groups in total. The van der Waals surface area contributed by atoms with Gasteiger partial charge in [0, 0.05) is 13.1 Å². The molecule has 0 unspecified atom stereocenters. The maximum Gasteiger partial charge on any atom is 0.335 e. The highest BCUT2D eigenvalue weighted by atomic mass is 32.2. The fraction of sp³-hybridized carbons (Fsp3) is 0.364. The minimum absolute atomic E-state index is 0.00491. The zero-order valence-corrected chi connectivity index (χ0v) is 10.2. The fourth-order valence-corrected chi connectivity index (χ4v) is 3.45. The molecule has 0 aliphatic carbocycles. The van der Waals surface area contributed by atoms with E-state index >= 15 is 0 Å². The lowest BCUT2D eigenvalue weighted by atomic mass is 10.1. The standard InChI is InChI=1S/C11H13NO4S/c1-8-3-4-9(11(13)14)7-10(8)17(15,16)12-5-2-6-12/h3-4,7H,2,5-6H2,1H3,(H,13,14). The first kappa shape index (κ1) is 12.1. The lowest BCUT2D eigenvalue weighted by Crippen LogP contribution is -2.42. The number of aryl methyl sites for hydroxylation is 1. The van der Waals surface area contributed by atoms with Crippen LogP contribution < -0.4 is 0 Å². The molecule has 0 spiro atoms. The number of hydrogen-bond acceptors (Lipinski definition) is 3. The molecule has 2 rings (SSSR count). The number of sulfonamides is 1. The van der Waals surface area contributed by atoms with Crippen molar-refractivity contribution in [1.82, 2.24) is 4.31 Å². The minimum atomic E-state index is -3.52. The summed E-state index contributed by atoms with van der Waals surface area (Å²) in [6.07, 6.45) is 0.858. The van der Waals surface area contributed by atoms with Crippen LogP contribution in [0.2, 0.25) is 0 Å². The maximum absolute atomic E-state index is 12.1. The van der Waals surface area contributed by atoms with E-state index in [1.54, 1.807) is 6.92 Å². The van der Waals surface area contributed by atoms with Crippen LogP contribution >= 0.6 is 0 Å². The molecular formula is C11H13NO4S. The third kappa shape index (κ3) is 2.05. The normalized spacial score (nSPS) is 16.5. The van der Waals surface area contributed by atoms with Crippen LogP contribution in [0, 0.1) is 6.92 Å². The first-order valence-electron chi connectivity index (χ1n) is 5.27.